The van der Waals surface area contributed by atoms with Crippen molar-refractivity contribution in [1.82, 2.24) is 19.9 Å². The molecule has 0 amide bonds. The maximum absolute atomic E-state index is 5.49. The van der Waals surface area contributed by atoms with Gasteiger partial charge in [0.15, 0.2) is 0 Å². The van der Waals surface area contributed by atoms with E-state index in [-0.39, 0.29) is 21.1 Å². The Morgan fingerprint density at radius 1 is 0.593 bits per heavy atom. The van der Waals surface area contributed by atoms with Crippen LogP contribution in [0, 0.1) is 5.41 Å². The number of hydrogen-bond acceptors (Lipinski definition) is 6. The van der Waals surface area contributed by atoms with Crippen LogP contribution in [0.25, 0.3) is 68.6 Å². The summed E-state index contributed by atoms with van der Waals surface area (Å²) in [5.74, 6) is 4.84. The van der Waals surface area contributed by atoms with Gasteiger partial charge in [0.05, 0.1) is 27.4 Å². The Hall–Kier alpha value is -3.07. The molecule has 54 heavy (non-hydrogen) atoms. The van der Waals surface area contributed by atoms with Gasteiger partial charge < -0.3 is 9.97 Å². The van der Waals surface area contributed by atoms with E-state index in [0.29, 0.717) is 5.41 Å². The Labute approximate surface area is 345 Å². The third-order valence-corrected chi connectivity index (χ3v) is 16.9. The summed E-state index contributed by atoms with van der Waals surface area (Å²) in [5, 5.41) is 1.22. The van der Waals surface area contributed by atoms with Crippen LogP contribution < -0.4 is 9.97 Å². The zero-order valence-electron chi connectivity index (χ0n) is 30.3. The maximum Gasteiger partial charge on any atom is 2.00 e. The molecule has 3 aromatic heterocycles. The number of aryl methyl sites for hydroxylation is 1. The average Bonchev–Trinajstić information content (AvgIpc) is 4.04. The summed E-state index contributed by atoms with van der Waals surface area (Å²) in [6.07, 6.45) is 14.5. The van der Waals surface area contributed by atoms with Crippen LogP contribution in [0.1, 0.15) is 71.1 Å². The predicted octanol–water partition coefficient (Wildman–Crippen LogP) is 12.3. The van der Waals surface area contributed by atoms with E-state index in [9.17, 15) is 0 Å². The Balaban J connectivity index is 0.00000413. The molecule has 5 aromatic rings. The Kier molecular flexibility index (Phi) is 11.9. The summed E-state index contributed by atoms with van der Waals surface area (Å²) >= 11 is 8.38. The van der Waals surface area contributed by atoms with E-state index < -0.39 is 0 Å². The predicted molar refractivity (Wildman–Crippen MR) is 235 cm³/mol. The molecule has 2 fully saturated rings. The van der Waals surface area contributed by atoms with Gasteiger partial charge in [-0.2, -0.15) is 23.5 Å². The molecule has 0 atom stereocenters. The number of aromatic nitrogens is 4. The minimum absolute atomic E-state index is 0. The second-order valence-electron chi connectivity index (χ2n) is 14.3. The molecule has 4 nitrogen and oxygen atoms in total. The number of unbranched alkanes of at least 4 members (excludes halogenated alkanes) is 3. The molecule has 0 unspecified atom stereocenters. The number of fused-ring (bicyclic) bond motifs is 8. The van der Waals surface area contributed by atoms with Crippen molar-refractivity contribution in [3.05, 3.63) is 119 Å². The smallest absolute Gasteiger partial charge is 0.657 e. The first kappa shape index (κ1) is 37.8. The molecule has 276 valence electrons. The van der Waals surface area contributed by atoms with Crippen molar-refractivity contribution in [2.75, 3.05) is 28.1 Å². The molecule has 1 spiro atoms. The van der Waals surface area contributed by atoms with Crippen LogP contribution in [-0.2, 0) is 22.9 Å². The maximum atomic E-state index is 5.49. The van der Waals surface area contributed by atoms with Gasteiger partial charge in [-0.15, -0.1) is 45.6 Å². The second-order valence-corrected chi connectivity index (χ2v) is 19.1. The van der Waals surface area contributed by atoms with E-state index in [1.165, 1.54) is 47.0 Å². The fourth-order valence-corrected chi connectivity index (χ4v) is 14.4. The first-order valence-electron chi connectivity index (χ1n) is 18.7. The third kappa shape index (κ3) is 7.69. The average molecular weight is 826 g/mol. The van der Waals surface area contributed by atoms with Gasteiger partial charge in [-0.25, -0.2) is 9.97 Å². The fraction of sp³-hybridized carbons (Fsp3) is 0.289. The number of thioether (sulfide) groups is 4. The molecule has 7 heterocycles. The molecule has 9 heteroatoms. The topological polar surface area (TPSA) is 54.0 Å². The van der Waals surface area contributed by atoms with Crippen LogP contribution >= 0.6 is 47.0 Å². The van der Waals surface area contributed by atoms with Crippen LogP contribution in [0.15, 0.2) is 84.9 Å². The van der Waals surface area contributed by atoms with E-state index in [2.05, 4.69) is 163 Å². The molecule has 0 saturated carbocycles. The van der Waals surface area contributed by atoms with Gasteiger partial charge >= 0.3 is 16.5 Å². The molecule has 0 aliphatic carbocycles. The quantitative estimate of drug-likeness (QED) is 0.111. The monoisotopic (exact) mass is 824 g/mol. The molecule has 8 bridgehead atoms. The van der Waals surface area contributed by atoms with Gasteiger partial charge in [-0.3, -0.25) is 0 Å². The largest absolute Gasteiger partial charge is 2.00 e. The fourth-order valence-electron chi connectivity index (χ4n) is 7.74. The van der Waals surface area contributed by atoms with Gasteiger partial charge in [0.1, 0.15) is 0 Å². The van der Waals surface area contributed by atoms with Crippen LogP contribution in [0.2, 0.25) is 0 Å². The molecule has 4 aliphatic rings. The van der Waals surface area contributed by atoms with Crippen molar-refractivity contribution in [1.29, 1.82) is 0 Å². The van der Waals surface area contributed by atoms with Crippen LogP contribution in [0.5, 0.6) is 0 Å². The molecule has 4 aliphatic heterocycles. The van der Waals surface area contributed by atoms with Crippen molar-refractivity contribution in [2.45, 2.75) is 43.6 Å². The molecule has 2 saturated heterocycles. The molecule has 0 N–H and O–H groups in total. The second kappa shape index (κ2) is 17.0. The van der Waals surface area contributed by atoms with E-state index in [4.69, 9.17) is 19.9 Å². The van der Waals surface area contributed by atoms with E-state index in [0.717, 1.165) is 91.4 Å². The van der Waals surface area contributed by atoms with Crippen LogP contribution in [-0.4, -0.2) is 38.1 Å². The molecule has 9 rings (SSSR count). The van der Waals surface area contributed by atoms with Crippen molar-refractivity contribution in [3.63, 3.8) is 0 Å². The summed E-state index contributed by atoms with van der Waals surface area (Å²) in [6.45, 7) is 2.27. The van der Waals surface area contributed by atoms with Gasteiger partial charge in [0.25, 0.3) is 0 Å². The Bertz CT molecular complexity index is 2190. The van der Waals surface area contributed by atoms with E-state index in [1.807, 2.05) is 0 Å². The van der Waals surface area contributed by atoms with Crippen LogP contribution in [0.3, 0.4) is 0 Å². The molecular formula is C45H42N4NiS4. The molecule has 0 radical (unpaired) electrons. The Morgan fingerprint density at radius 2 is 1.09 bits per heavy atom. The summed E-state index contributed by atoms with van der Waals surface area (Å²) in [7, 11) is 0. The first-order valence-corrected chi connectivity index (χ1v) is 23.1. The summed E-state index contributed by atoms with van der Waals surface area (Å²) in [6, 6.07) is 30.1. The number of benzene rings is 2. The first-order chi connectivity index (χ1) is 26.2. The van der Waals surface area contributed by atoms with Crippen molar-refractivity contribution in [3.8, 4) is 22.3 Å². The molecule has 2 aromatic carbocycles. The van der Waals surface area contributed by atoms with E-state index >= 15 is 0 Å². The summed E-state index contributed by atoms with van der Waals surface area (Å²) in [5.41, 5.74) is 15.0. The zero-order valence-corrected chi connectivity index (χ0v) is 34.5. The number of hydrogen-bond donors (Lipinski definition) is 0. The third-order valence-electron chi connectivity index (χ3n) is 10.5. The van der Waals surface area contributed by atoms with Crippen molar-refractivity contribution >= 4 is 93.4 Å². The normalized spacial score (nSPS) is 16.5. The van der Waals surface area contributed by atoms with Gasteiger partial charge in [0.2, 0.25) is 0 Å². The van der Waals surface area contributed by atoms with Crippen molar-refractivity contribution < 1.29 is 16.5 Å². The van der Waals surface area contributed by atoms with E-state index in [1.54, 1.807) is 0 Å². The number of nitrogens with zero attached hydrogens (tertiary/aromatic N) is 4. The minimum Gasteiger partial charge on any atom is -0.657 e. The Morgan fingerprint density at radius 3 is 1.61 bits per heavy atom. The SMILES string of the molecule is CCCCCCc1c2ccc([n-]2)c(-c2ccccc2)c2nc(c(C3SCC4(CSCSC4)CS3)c3nc(c(-c4ccccc4)c4ccc1[n-]4)C=C3)C=C2.[Ni+2]. The van der Waals surface area contributed by atoms with Gasteiger partial charge in [-0.05, 0) is 59.4 Å². The standard InChI is InChI=1S/C45H42N4S4.Ni/c1-2-3-4-11-16-32-33-17-19-35(46-33)41(30-12-7-5-8-13-30)37-21-23-39(48-37)43(44-52-27-45(28-53-44)25-50-29-51-26-45)40-24-22-38(49-40)42(31-14-9-6-10-15-31)36-20-18-34(32)47-36;/h5-10,12-15,17-24,44H,2-4,11,16,25-29H2,1H3;/q-2;+2. The summed E-state index contributed by atoms with van der Waals surface area (Å²) in [4.78, 5) is 21.8. The van der Waals surface area contributed by atoms with Gasteiger partial charge in [-0.1, -0.05) is 117 Å². The van der Waals surface area contributed by atoms with Crippen LogP contribution in [0.4, 0.5) is 0 Å². The number of rotatable bonds is 8. The zero-order chi connectivity index (χ0) is 35.6. The van der Waals surface area contributed by atoms with Gasteiger partial charge in [0, 0.05) is 39.1 Å². The minimum atomic E-state index is 0. The summed E-state index contributed by atoms with van der Waals surface area (Å²) < 4.78 is 0.236. The molecular weight excluding hydrogens is 783 g/mol. The van der Waals surface area contributed by atoms with Crippen molar-refractivity contribution in [2.24, 2.45) is 5.41 Å².